The molecule has 1 atom stereocenters. The van der Waals surface area contributed by atoms with E-state index >= 15 is 0 Å². The highest BCUT2D eigenvalue weighted by atomic mass is 35.5. The van der Waals surface area contributed by atoms with Gasteiger partial charge in [0.05, 0.1) is 6.54 Å². The van der Waals surface area contributed by atoms with E-state index in [4.69, 9.17) is 0 Å². The first-order valence-corrected chi connectivity index (χ1v) is 7.39. The predicted molar refractivity (Wildman–Crippen MR) is 93.9 cm³/mol. The molecule has 1 heterocycles. The van der Waals surface area contributed by atoms with E-state index in [0.717, 1.165) is 13.1 Å². The summed E-state index contributed by atoms with van der Waals surface area (Å²) < 4.78 is 0. The molecule has 0 spiro atoms. The zero-order chi connectivity index (χ0) is 15.1. The molecule has 0 bridgehead atoms. The van der Waals surface area contributed by atoms with Crippen LogP contribution in [0.2, 0.25) is 0 Å². The largest absolute Gasteiger partial charge is 0.353 e. The molecule has 1 fully saturated rings. The minimum atomic E-state index is 0. The summed E-state index contributed by atoms with van der Waals surface area (Å²) in [6.45, 7) is 9.94. The van der Waals surface area contributed by atoms with Crippen molar-refractivity contribution in [3.8, 4) is 0 Å². The van der Waals surface area contributed by atoms with Crippen LogP contribution in [0.15, 0.2) is 0 Å². The average Bonchev–Trinajstić information content (AvgIpc) is 2.38. The number of halogens is 2. The Morgan fingerprint density at radius 1 is 1.05 bits per heavy atom. The smallest absolute Gasteiger partial charge is 0.234 e. The number of hydrogen-bond acceptors (Lipinski definition) is 4. The van der Waals surface area contributed by atoms with Crippen molar-refractivity contribution in [2.75, 3.05) is 46.3 Å². The fraction of sp³-hybridized carbons (Fsp3) is 0.857. The van der Waals surface area contributed by atoms with Gasteiger partial charge in [-0.25, -0.2) is 0 Å². The molecular weight excluding hydrogens is 327 g/mol. The number of nitrogens with zero attached hydrogens (tertiary/aromatic N) is 2. The lowest BCUT2D eigenvalue weighted by Gasteiger charge is -2.35. The monoisotopic (exact) mass is 356 g/mol. The van der Waals surface area contributed by atoms with Crippen molar-refractivity contribution in [1.82, 2.24) is 20.4 Å². The van der Waals surface area contributed by atoms with Gasteiger partial charge in [-0.3, -0.25) is 14.5 Å². The van der Waals surface area contributed by atoms with Gasteiger partial charge in [0.1, 0.15) is 0 Å². The molecule has 0 aromatic rings. The minimum Gasteiger partial charge on any atom is -0.353 e. The Morgan fingerprint density at radius 3 is 2.05 bits per heavy atom. The van der Waals surface area contributed by atoms with Gasteiger partial charge in [0.15, 0.2) is 0 Å². The van der Waals surface area contributed by atoms with Crippen LogP contribution in [0.4, 0.5) is 0 Å². The lowest BCUT2D eigenvalue weighted by molar-refractivity contribution is -0.136. The molecule has 1 aliphatic heterocycles. The topological polar surface area (TPSA) is 64.7 Å². The number of hydrogen-bond donors (Lipinski definition) is 2. The molecule has 1 aliphatic rings. The van der Waals surface area contributed by atoms with Crippen LogP contribution in [0.25, 0.3) is 0 Å². The van der Waals surface area contributed by atoms with Crippen LogP contribution >= 0.6 is 24.8 Å². The van der Waals surface area contributed by atoms with E-state index in [1.807, 2.05) is 32.7 Å². The fourth-order valence-corrected chi connectivity index (χ4v) is 2.40. The number of amides is 2. The summed E-state index contributed by atoms with van der Waals surface area (Å²) >= 11 is 0. The van der Waals surface area contributed by atoms with Gasteiger partial charge in [0, 0.05) is 44.7 Å². The molecule has 2 N–H and O–H groups in total. The third-order valence-corrected chi connectivity index (χ3v) is 3.43. The molecule has 0 radical (unpaired) electrons. The summed E-state index contributed by atoms with van der Waals surface area (Å²) in [4.78, 5) is 27.8. The van der Waals surface area contributed by atoms with E-state index in [2.05, 4.69) is 15.5 Å². The Balaban J connectivity index is 0. The van der Waals surface area contributed by atoms with Gasteiger partial charge in [-0.2, -0.15) is 0 Å². The Labute approximate surface area is 146 Å². The second kappa shape index (κ2) is 11.9. The molecule has 1 rings (SSSR count). The molecule has 0 aromatic carbocycles. The standard InChI is InChI=1S/C14H28N4O2.2ClH/c1-11(2)16-13(19)10-17-5-7-18(8-6-17)14(20)12(3)9-15-4;;/h11-12,15H,5-10H2,1-4H3,(H,16,19);2*1H. The van der Waals surface area contributed by atoms with Crippen molar-refractivity contribution in [2.45, 2.75) is 26.8 Å². The summed E-state index contributed by atoms with van der Waals surface area (Å²) in [5, 5.41) is 5.92. The second-order valence-electron chi connectivity index (χ2n) is 5.78. The molecule has 22 heavy (non-hydrogen) atoms. The fourth-order valence-electron chi connectivity index (χ4n) is 2.40. The van der Waals surface area contributed by atoms with Crippen molar-refractivity contribution in [3.05, 3.63) is 0 Å². The summed E-state index contributed by atoms with van der Waals surface area (Å²) in [6, 6.07) is 0.174. The van der Waals surface area contributed by atoms with E-state index in [1.54, 1.807) is 0 Å². The van der Waals surface area contributed by atoms with E-state index in [1.165, 1.54) is 0 Å². The Morgan fingerprint density at radius 2 is 1.59 bits per heavy atom. The van der Waals surface area contributed by atoms with Gasteiger partial charge in [-0.05, 0) is 20.9 Å². The highest BCUT2D eigenvalue weighted by Gasteiger charge is 2.25. The van der Waals surface area contributed by atoms with Crippen LogP contribution in [-0.2, 0) is 9.59 Å². The molecular formula is C14H30Cl2N4O2. The number of rotatable bonds is 6. The lowest BCUT2D eigenvalue weighted by Crippen LogP contribution is -2.53. The molecule has 0 aromatic heterocycles. The molecule has 1 unspecified atom stereocenters. The van der Waals surface area contributed by atoms with Crippen LogP contribution in [-0.4, -0.2) is 74.0 Å². The predicted octanol–water partition coefficient (Wildman–Crippen LogP) is 0.354. The zero-order valence-corrected chi connectivity index (χ0v) is 15.6. The first-order valence-electron chi connectivity index (χ1n) is 7.39. The quantitative estimate of drug-likeness (QED) is 0.720. The van der Waals surface area contributed by atoms with Gasteiger partial charge >= 0.3 is 0 Å². The van der Waals surface area contributed by atoms with Crippen molar-refractivity contribution < 1.29 is 9.59 Å². The first-order chi connectivity index (χ1) is 9.43. The van der Waals surface area contributed by atoms with E-state index < -0.39 is 0 Å². The summed E-state index contributed by atoms with van der Waals surface area (Å²) in [5.74, 6) is 0.268. The van der Waals surface area contributed by atoms with Crippen LogP contribution < -0.4 is 10.6 Å². The Bertz CT molecular complexity index is 335. The van der Waals surface area contributed by atoms with Gasteiger partial charge in [-0.15, -0.1) is 24.8 Å². The van der Waals surface area contributed by atoms with Gasteiger partial charge in [0.25, 0.3) is 0 Å². The number of piperazine rings is 1. The molecule has 0 saturated carbocycles. The van der Waals surface area contributed by atoms with Crippen molar-refractivity contribution in [3.63, 3.8) is 0 Å². The highest BCUT2D eigenvalue weighted by Crippen LogP contribution is 2.07. The molecule has 8 heteroatoms. The van der Waals surface area contributed by atoms with Crippen LogP contribution in [0, 0.1) is 5.92 Å². The third kappa shape index (κ3) is 8.17. The number of carbonyl (C=O) groups is 2. The molecule has 0 aliphatic carbocycles. The van der Waals surface area contributed by atoms with Gasteiger partial charge in [-0.1, -0.05) is 6.92 Å². The van der Waals surface area contributed by atoms with Crippen LogP contribution in [0.5, 0.6) is 0 Å². The van der Waals surface area contributed by atoms with Crippen LogP contribution in [0.3, 0.4) is 0 Å². The minimum absolute atomic E-state index is 0. The van der Waals surface area contributed by atoms with Gasteiger partial charge < -0.3 is 15.5 Å². The zero-order valence-electron chi connectivity index (χ0n) is 13.9. The summed E-state index contributed by atoms with van der Waals surface area (Å²) in [5.41, 5.74) is 0. The van der Waals surface area contributed by atoms with E-state index in [-0.39, 0.29) is 48.6 Å². The molecule has 132 valence electrons. The third-order valence-electron chi connectivity index (χ3n) is 3.43. The maximum absolute atomic E-state index is 12.2. The maximum atomic E-state index is 12.2. The average molecular weight is 357 g/mol. The van der Waals surface area contributed by atoms with E-state index in [0.29, 0.717) is 26.2 Å². The summed E-state index contributed by atoms with van der Waals surface area (Å²) in [7, 11) is 1.86. The number of carbonyl (C=O) groups excluding carboxylic acids is 2. The highest BCUT2D eigenvalue weighted by molar-refractivity contribution is 5.85. The summed E-state index contributed by atoms with van der Waals surface area (Å²) in [6.07, 6.45) is 0. The van der Waals surface area contributed by atoms with E-state index in [9.17, 15) is 9.59 Å². The normalized spacial score (nSPS) is 16.5. The Kier molecular flexibility index (Phi) is 12.9. The van der Waals surface area contributed by atoms with Crippen molar-refractivity contribution >= 4 is 36.6 Å². The van der Waals surface area contributed by atoms with Crippen molar-refractivity contribution in [1.29, 1.82) is 0 Å². The lowest BCUT2D eigenvalue weighted by atomic mass is 10.1. The molecule has 2 amide bonds. The first kappa shape index (κ1) is 23.7. The second-order valence-corrected chi connectivity index (χ2v) is 5.78. The van der Waals surface area contributed by atoms with Gasteiger partial charge in [0.2, 0.25) is 11.8 Å². The van der Waals surface area contributed by atoms with Crippen LogP contribution in [0.1, 0.15) is 20.8 Å². The van der Waals surface area contributed by atoms with Crippen molar-refractivity contribution in [2.24, 2.45) is 5.92 Å². The Hall–Kier alpha value is -0.560. The molecule has 6 nitrogen and oxygen atoms in total. The SMILES string of the molecule is CNCC(C)C(=O)N1CCN(CC(=O)NC(C)C)CC1.Cl.Cl. The number of nitrogens with one attached hydrogen (secondary N) is 2. The maximum Gasteiger partial charge on any atom is 0.234 e. The molecule has 1 saturated heterocycles.